The monoisotopic (exact) mass is 254 g/mol. The summed E-state index contributed by atoms with van der Waals surface area (Å²) in [5.74, 6) is 3.75. The number of nitrogens with zero attached hydrogens (tertiary/aromatic N) is 1. The molecule has 0 fully saturated rings. The van der Waals surface area contributed by atoms with Gasteiger partial charge in [0, 0.05) is 24.7 Å². The summed E-state index contributed by atoms with van der Waals surface area (Å²) in [5, 5.41) is 3.15. The maximum absolute atomic E-state index is 11.6. The first-order valence-electron chi connectivity index (χ1n) is 4.64. The van der Waals surface area contributed by atoms with Crippen LogP contribution in [0.5, 0.6) is 0 Å². The van der Waals surface area contributed by atoms with Crippen LogP contribution in [0, 0.1) is 12.3 Å². The lowest BCUT2D eigenvalue weighted by molar-refractivity contribution is 0.0956. The predicted molar refractivity (Wildman–Crippen MR) is 67.7 cm³/mol. The van der Waals surface area contributed by atoms with Crippen LogP contribution in [0.3, 0.4) is 0 Å². The Morgan fingerprint density at radius 1 is 1.69 bits per heavy atom. The number of hydrogen-bond acceptors (Lipinski definition) is 3. The molecule has 0 spiro atoms. The number of hydrogen-bond donors (Lipinski definition) is 1. The maximum atomic E-state index is 11.6. The standard InChI is InChI=1S/C11H11ClN2OS/c1-2-6-16-7-5-14-11(15)9-8-13-4-3-10(9)12/h1,3-4,8H,5-7H2,(H,14,15). The molecule has 16 heavy (non-hydrogen) atoms. The van der Waals surface area contributed by atoms with E-state index in [0.717, 1.165) is 5.75 Å². The summed E-state index contributed by atoms with van der Waals surface area (Å²) in [6.07, 6.45) is 8.09. The molecule has 0 bridgehead atoms. The number of aromatic nitrogens is 1. The van der Waals surface area contributed by atoms with Crippen LogP contribution in [-0.4, -0.2) is 28.9 Å². The lowest BCUT2D eigenvalue weighted by atomic mass is 10.2. The Labute approximate surface area is 104 Å². The molecule has 1 amide bonds. The van der Waals surface area contributed by atoms with Crippen molar-refractivity contribution in [2.75, 3.05) is 18.1 Å². The van der Waals surface area contributed by atoms with Crippen molar-refractivity contribution in [1.82, 2.24) is 10.3 Å². The Morgan fingerprint density at radius 2 is 2.50 bits per heavy atom. The van der Waals surface area contributed by atoms with Crippen LogP contribution in [0.1, 0.15) is 10.4 Å². The fourth-order valence-electron chi connectivity index (χ4n) is 1.01. The number of nitrogens with one attached hydrogen (secondary N) is 1. The molecule has 1 heterocycles. The van der Waals surface area contributed by atoms with Crippen molar-refractivity contribution in [3.8, 4) is 12.3 Å². The minimum atomic E-state index is -0.209. The van der Waals surface area contributed by atoms with Gasteiger partial charge in [-0.1, -0.05) is 17.5 Å². The number of pyridine rings is 1. The van der Waals surface area contributed by atoms with Crippen molar-refractivity contribution in [2.24, 2.45) is 0 Å². The summed E-state index contributed by atoms with van der Waals surface area (Å²) >= 11 is 7.44. The fraction of sp³-hybridized carbons (Fsp3) is 0.273. The number of halogens is 1. The first-order valence-corrected chi connectivity index (χ1v) is 6.18. The van der Waals surface area contributed by atoms with Gasteiger partial charge in [-0.05, 0) is 6.07 Å². The smallest absolute Gasteiger partial charge is 0.254 e. The molecule has 0 aliphatic carbocycles. The van der Waals surface area contributed by atoms with Crippen molar-refractivity contribution < 1.29 is 4.79 Å². The molecule has 0 saturated heterocycles. The average molecular weight is 255 g/mol. The van der Waals surface area contributed by atoms with E-state index in [4.69, 9.17) is 18.0 Å². The van der Waals surface area contributed by atoms with Crippen LogP contribution >= 0.6 is 23.4 Å². The first kappa shape index (κ1) is 12.9. The molecular weight excluding hydrogens is 244 g/mol. The van der Waals surface area contributed by atoms with Crippen molar-refractivity contribution >= 4 is 29.3 Å². The summed E-state index contributed by atoms with van der Waals surface area (Å²) in [6, 6.07) is 1.59. The number of carbonyl (C=O) groups is 1. The van der Waals surface area contributed by atoms with Gasteiger partial charge in [0.05, 0.1) is 16.3 Å². The molecule has 1 aromatic heterocycles. The molecule has 0 aromatic carbocycles. The topological polar surface area (TPSA) is 42.0 Å². The summed E-state index contributed by atoms with van der Waals surface area (Å²) in [4.78, 5) is 15.5. The number of terminal acetylenes is 1. The second-order valence-corrected chi connectivity index (χ2v) is 4.38. The van der Waals surface area contributed by atoms with Crippen molar-refractivity contribution in [3.63, 3.8) is 0 Å². The zero-order valence-corrected chi connectivity index (χ0v) is 10.1. The Hall–Kier alpha value is -1.18. The first-order chi connectivity index (χ1) is 7.75. The second-order valence-electron chi connectivity index (χ2n) is 2.87. The van der Waals surface area contributed by atoms with Crippen molar-refractivity contribution in [3.05, 3.63) is 29.0 Å². The normalized spacial score (nSPS) is 9.50. The van der Waals surface area contributed by atoms with E-state index in [1.165, 1.54) is 6.20 Å². The van der Waals surface area contributed by atoms with Crippen molar-refractivity contribution in [1.29, 1.82) is 0 Å². The number of amides is 1. The van der Waals surface area contributed by atoms with E-state index in [9.17, 15) is 4.79 Å². The summed E-state index contributed by atoms with van der Waals surface area (Å²) < 4.78 is 0. The third-order valence-electron chi connectivity index (χ3n) is 1.73. The van der Waals surface area contributed by atoms with E-state index in [0.29, 0.717) is 22.9 Å². The Morgan fingerprint density at radius 3 is 3.19 bits per heavy atom. The minimum absolute atomic E-state index is 0.209. The van der Waals surface area contributed by atoms with Gasteiger partial charge in [0.15, 0.2) is 0 Å². The van der Waals surface area contributed by atoms with Gasteiger partial charge < -0.3 is 5.32 Å². The third-order valence-corrected chi connectivity index (χ3v) is 2.92. The molecule has 0 aliphatic heterocycles. The van der Waals surface area contributed by atoms with E-state index < -0.39 is 0 Å². The second kappa shape index (κ2) is 7.15. The Kier molecular flexibility index (Phi) is 5.76. The quantitative estimate of drug-likeness (QED) is 0.644. The minimum Gasteiger partial charge on any atom is -0.351 e. The summed E-state index contributed by atoms with van der Waals surface area (Å²) in [7, 11) is 0. The molecule has 0 radical (unpaired) electrons. The fourth-order valence-corrected chi connectivity index (χ4v) is 1.71. The van der Waals surface area contributed by atoms with Crippen LogP contribution in [0.4, 0.5) is 0 Å². The molecular formula is C11H11ClN2OS. The maximum Gasteiger partial charge on any atom is 0.254 e. The van der Waals surface area contributed by atoms with Crippen LogP contribution in [0.25, 0.3) is 0 Å². The Balaban J connectivity index is 2.36. The summed E-state index contributed by atoms with van der Waals surface area (Å²) in [5.41, 5.74) is 0.395. The third kappa shape index (κ3) is 4.13. The highest BCUT2D eigenvalue weighted by Gasteiger charge is 2.08. The van der Waals surface area contributed by atoms with Gasteiger partial charge in [-0.25, -0.2) is 0 Å². The van der Waals surface area contributed by atoms with Crippen molar-refractivity contribution in [2.45, 2.75) is 0 Å². The molecule has 3 nitrogen and oxygen atoms in total. The molecule has 1 aromatic rings. The highest BCUT2D eigenvalue weighted by Crippen LogP contribution is 2.12. The van der Waals surface area contributed by atoms with Crippen LogP contribution in [0.15, 0.2) is 18.5 Å². The van der Waals surface area contributed by atoms with Gasteiger partial charge in [0.25, 0.3) is 5.91 Å². The molecule has 0 saturated carbocycles. The largest absolute Gasteiger partial charge is 0.351 e. The number of thioether (sulfide) groups is 1. The zero-order chi connectivity index (χ0) is 11.8. The van der Waals surface area contributed by atoms with Crippen LogP contribution in [-0.2, 0) is 0 Å². The lowest BCUT2D eigenvalue weighted by Gasteiger charge is -2.05. The van der Waals surface area contributed by atoms with E-state index in [1.54, 1.807) is 24.0 Å². The lowest BCUT2D eigenvalue weighted by Crippen LogP contribution is -2.26. The molecule has 84 valence electrons. The van der Waals surface area contributed by atoms with Gasteiger partial charge >= 0.3 is 0 Å². The zero-order valence-electron chi connectivity index (χ0n) is 8.57. The number of rotatable bonds is 5. The van der Waals surface area contributed by atoms with Crippen LogP contribution < -0.4 is 5.32 Å². The van der Waals surface area contributed by atoms with E-state index in [-0.39, 0.29) is 5.91 Å². The van der Waals surface area contributed by atoms with Crippen LogP contribution in [0.2, 0.25) is 5.02 Å². The molecule has 1 rings (SSSR count). The highest BCUT2D eigenvalue weighted by molar-refractivity contribution is 7.99. The molecule has 0 atom stereocenters. The molecule has 0 aliphatic rings. The van der Waals surface area contributed by atoms with Gasteiger partial charge in [0.2, 0.25) is 0 Å². The molecule has 5 heteroatoms. The van der Waals surface area contributed by atoms with E-state index in [2.05, 4.69) is 16.2 Å². The number of carbonyl (C=O) groups excluding carboxylic acids is 1. The summed E-state index contributed by atoms with van der Waals surface area (Å²) in [6.45, 7) is 0.566. The average Bonchev–Trinajstić information content (AvgIpc) is 2.29. The Bertz CT molecular complexity index is 403. The van der Waals surface area contributed by atoms with Gasteiger partial charge in [-0.2, -0.15) is 0 Å². The van der Waals surface area contributed by atoms with Gasteiger partial charge in [-0.3, -0.25) is 9.78 Å². The predicted octanol–water partition coefficient (Wildman–Crippen LogP) is 1.83. The SMILES string of the molecule is C#CCSCCNC(=O)c1cnccc1Cl. The molecule has 0 unspecified atom stereocenters. The van der Waals surface area contributed by atoms with Gasteiger partial charge in [0.1, 0.15) is 0 Å². The molecule has 1 N–H and O–H groups in total. The van der Waals surface area contributed by atoms with E-state index in [1.807, 2.05) is 0 Å². The highest BCUT2D eigenvalue weighted by atomic mass is 35.5. The van der Waals surface area contributed by atoms with E-state index >= 15 is 0 Å². The van der Waals surface area contributed by atoms with Gasteiger partial charge in [-0.15, -0.1) is 18.2 Å².